The Balaban J connectivity index is 2.21. The van der Waals surface area contributed by atoms with Crippen molar-refractivity contribution in [3.8, 4) is 17.9 Å². The topological polar surface area (TPSA) is 56.8 Å². The molecule has 3 nitrogen and oxygen atoms in total. The molecule has 1 aliphatic rings. The van der Waals surface area contributed by atoms with Crippen molar-refractivity contribution in [2.75, 3.05) is 0 Å². The van der Waals surface area contributed by atoms with E-state index in [0.29, 0.717) is 5.92 Å². The van der Waals surface area contributed by atoms with Gasteiger partial charge in [0.2, 0.25) is 0 Å². The minimum Gasteiger partial charge on any atom is -0.488 e. The standard InChI is InChI=1S/C16H17FN2O/c1-2-11-6-7-12(9-18)16(8-11)20-15-5-3-4-14(17)13(15)10-19/h3-5,11-12,16H,2,6-8H2,1H3. The van der Waals surface area contributed by atoms with Crippen molar-refractivity contribution in [2.24, 2.45) is 11.8 Å². The van der Waals surface area contributed by atoms with Crippen LogP contribution in [0.3, 0.4) is 0 Å². The largest absolute Gasteiger partial charge is 0.488 e. The third-order valence-corrected chi connectivity index (χ3v) is 4.01. The molecule has 0 heterocycles. The average molecular weight is 272 g/mol. The fourth-order valence-electron chi connectivity index (χ4n) is 2.73. The molecule has 1 saturated carbocycles. The summed E-state index contributed by atoms with van der Waals surface area (Å²) in [6, 6.07) is 8.45. The summed E-state index contributed by atoms with van der Waals surface area (Å²) in [6.45, 7) is 2.12. The van der Waals surface area contributed by atoms with Gasteiger partial charge in [-0.1, -0.05) is 19.4 Å². The maximum atomic E-state index is 13.6. The van der Waals surface area contributed by atoms with Crippen molar-refractivity contribution >= 4 is 0 Å². The van der Waals surface area contributed by atoms with Crippen LogP contribution in [0.25, 0.3) is 0 Å². The van der Waals surface area contributed by atoms with E-state index in [-0.39, 0.29) is 23.3 Å². The lowest BCUT2D eigenvalue weighted by atomic mass is 9.79. The maximum absolute atomic E-state index is 13.6. The highest BCUT2D eigenvalue weighted by Gasteiger charge is 2.32. The molecule has 104 valence electrons. The second-order valence-corrected chi connectivity index (χ2v) is 5.20. The minimum atomic E-state index is -0.582. The van der Waals surface area contributed by atoms with E-state index in [9.17, 15) is 9.65 Å². The predicted octanol–water partition coefficient (Wildman–Crippen LogP) is 3.79. The highest BCUT2D eigenvalue weighted by Crippen LogP contribution is 2.34. The van der Waals surface area contributed by atoms with E-state index in [0.717, 1.165) is 25.7 Å². The van der Waals surface area contributed by atoms with Gasteiger partial charge in [-0.15, -0.1) is 0 Å². The van der Waals surface area contributed by atoms with Gasteiger partial charge in [-0.3, -0.25) is 0 Å². The van der Waals surface area contributed by atoms with Crippen molar-refractivity contribution in [2.45, 2.75) is 38.7 Å². The highest BCUT2D eigenvalue weighted by molar-refractivity contribution is 5.44. The van der Waals surface area contributed by atoms with Crippen LogP contribution in [0.2, 0.25) is 0 Å². The average Bonchev–Trinajstić information content (AvgIpc) is 2.47. The van der Waals surface area contributed by atoms with Gasteiger partial charge >= 0.3 is 0 Å². The Hall–Kier alpha value is -2.07. The summed E-state index contributed by atoms with van der Waals surface area (Å²) in [7, 11) is 0. The molecule has 0 radical (unpaired) electrons. The first-order chi connectivity index (χ1) is 9.69. The summed E-state index contributed by atoms with van der Waals surface area (Å²) in [5.74, 6) is 0.00664. The molecule has 20 heavy (non-hydrogen) atoms. The Morgan fingerprint density at radius 3 is 2.80 bits per heavy atom. The molecule has 1 aliphatic carbocycles. The summed E-state index contributed by atoms with van der Waals surface area (Å²) in [5.41, 5.74) is -0.0807. The monoisotopic (exact) mass is 272 g/mol. The first-order valence-electron chi connectivity index (χ1n) is 6.94. The number of rotatable bonds is 3. The lowest BCUT2D eigenvalue weighted by Crippen LogP contribution is -2.33. The summed E-state index contributed by atoms with van der Waals surface area (Å²) < 4.78 is 19.4. The third kappa shape index (κ3) is 2.91. The Morgan fingerprint density at radius 2 is 2.15 bits per heavy atom. The summed E-state index contributed by atoms with van der Waals surface area (Å²) in [4.78, 5) is 0. The number of ether oxygens (including phenoxy) is 1. The van der Waals surface area contributed by atoms with Crippen LogP contribution in [0.5, 0.6) is 5.75 Å². The number of benzene rings is 1. The Morgan fingerprint density at radius 1 is 1.35 bits per heavy atom. The fraction of sp³-hybridized carbons (Fsp3) is 0.500. The van der Waals surface area contributed by atoms with Gasteiger partial charge in [0, 0.05) is 0 Å². The van der Waals surface area contributed by atoms with Crippen LogP contribution in [0.1, 0.15) is 38.2 Å². The van der Waals surface area contributed by atoms with Gasteiger partial charge in [-0.2, -0.15) is 10.5 Å². The number of halogens is 1. The third-order valence-electron chi connectivity index (χ3n) is 4.01. The lowest BCUT2D eigenvalue weighted by Gasteiger charge is -2.32. The number of hydrogen-bond donors (Lipinski definition) is 0. The first kappa shape index (κ1) is 14.3. The molecule has 0 saturated heterocycles. The van der Waals surface area contributed by atoms with Crippen molar-refractivity contribution in [1.29, 1.82) is 10.5 Å². The Kier molecular flexibility index (Phi) is 4.58. The molecule has 0 N–H and O–H groups in total. The zero-order valence-corrected chi connectivity index (χ0v) is 11.5. The SMILES string of the molecule is CCC1CCC(C#N)C(Oc2cccc(F)c2C#N)C1. The first-order valence-corrected chi connectivity index (χ1v) is 6.94. The van der Waals surface area contributed by atoms with Gasteiger partial charge in [0.15, 0.2) is 0 Å². The van der Waals surface area contributed by atoms with Gasteiger partial charge < -0.3 is 4.74 Å². The number of nitriles is 2. The molecule has 3 atom stereocenters. The molecular formula is C16H17FN2O. The van der Waals surface area contributed by atoms with E-state index in [4.69, 9.17) is 10.00 Å². The van der Waals surface area contributed by atoms with Gasteiger partial charge in [-0.25, -0.2) is 4.39 Å². The molecule has 4 heteroatoms. The number of nitrogens with zero attached hydrogens (tertiary/aromatic N) is 2. The zero-order valence-electron chi connectivity index (χ0n) is 11.5. The molecule has 0 aliphatic heterocycles. The van der Waals surface area contributed by atoms with Crippen molar-refractivity contribution < 1.29 is 9.13 Å². The summed E-state index contributed by atoms with van der Waals surface area (Å²) >= 11 is 0. The molecule has 3 unspecified atom stereocenters. The molecule has 0 bridgehead atoms. The molecule has 0 aromatic heterocycles. The Bertz CT molecular complexity index is 559. The van der Waals surface area contributed by atoms with Gasteiger partial charge in [0.1, 0.15) is 29.3 Å². The van der Waals surface area contributed by atoms with E-state index in [1.54, 1.807) is 6.07 Å². The van der Waals surface area contributed by atoms with E-state index >= 15 is 0 Å². The quantitative estimate of drug-likeness (QED) is 0.841. The van der Waals surface area contributed by atoms with Crippen LogP contribution in [-0.4, -0.2) is 6.10 Å². The highest BCUT2D eigenvalue weighted by atomic mass is 19.1. The van der Waals surface area contributed by atoms with E-state index < -0.39 is 5.82 Å². The van der Waals surface area contributed by atoms with Gasteiger partial charge in [0.05, 0.1) is 12.0 Å². The summed E-state index contributed by atoms with van der Waals surface area (Å²) in [5, 5.41) is 18.2. The van der Waals surface area contributed by atoms with Crippen LogP contribution in [0, 0.1) is 40.3 Å². The molecule has 1 aromatic rings. The van der Waals surface area contributed by atoms with E-state index in [1.807, 2.05) is 6.07 Å². The van der Waals surface area contributed by atoms with Gasteiger partial charge in [0.25, 0.3) is 0 Å². The van der Waals surface area contributed by atoms with Crippen LogP contribution in [0.4, 0.5) is 4.39 Å². The maximum Gasteiger partial charge on any atom is 0.144 e. The smallest absolute Gasteiger partial charge is 0.144 e. The molecule has 1 fully saturated rings. The van der Waals surface area contributed by atoms with Crippen molar-refractivity contribution in [1.82, 2.24) is 0 Å². The molecule has 0 spiro atoms. The second kappa shape index (κ2) is 6.39. The Labute approximate surface area is 118 Å². The van der Waals surface area contributed by atoms with Crippen molar-refractivity contribution in [3.63, 3.8) is 0 Å². The molecule has 2 rings (SSSR count). The van der Waals surface area contributed by atoms with Crippen molar-refractivity contribution in [3.05, 3.63) is 29.6 Å². The molecule has 1 aromatic carbocycles. The second-order valence-electron chi connectivity index (χ2n) is 5.20. The van der Waals surface area contributed by atoms with Gasteiger partial charge in [-0.05, 0) is 37.3 Å². The van der Waals surface area contributed by atoms with E-state index in [1.165, 1.54) is 12.1 Å². The van der Waals surface area contributed by atoms with Crippen LogP contribution < -0.4 is 4.74 Å². The number of hydrogen-bond acceptors (Lipinski definition) is 3. The van der Waals surface area contributed by atoms with E-state index in [2.05, 4.69) is 13.0 Å². The normalized spacial score (nSPS) is 25.5. The fourth-order valence-corrected chi connectivity index (χ4v) is 2.73. The van der Waals surface area contributed by atoms with Crippen LogP contribution in [-0.2, 0) is 0 Å². The molecule has 0 amide bonds. The predicted molar refractivity (Wildman–Crippen MR) is 72.3 cm³/mol. The minimum absolute atomic E-state index is 0.0807. The van der Waals surface area contributed by atoms with Crippen LogP contribution in [0.15, 0.2) is 18.2 Å². The summed E-state index contributed by atoms with van der Waals surface area (Å²) in [6.07, 6.45) is 3.41. The van der Waals surface area contributed by atoms with Crippen LogP contribution >= 0.6 is 0 Å². The molecular weight excluding hydrogens is 255 g/mol. The zero-order chi connectivity index (χ0) is 14.5. The lowest BCUT2D eigenvalue weighted by molar-refractivity contribution is 0.0887.